The van der Waals surface area contributed by atoms with Crippen LogP contribution in [0.15, 0.2) is 0 Å². The molecule has 0 aromatic heterocycles. The largest absolute Gasteiger partial charge is 0.330 e. The molecule has 3 nitrogen and oxygen atoms in total. The number of alkyl halides is 1. The smallest absolute Gasteiger partial charge is 0.115 e. The van der Waals surface area contributed by atoms with Gasteiger partial charge in [-0.1, -0.05) is 0 Å². The molecule has 0 spiro atoms. The first-order valence-electron chi connectivity index (χ1n) is 3.05. The van der Waals surface area contributed by atoms with Gasteiger partial charge in [-0.05, 0) is 20.0 Å². The molecular formula is C5H14FN3. The van der Waals surface area contributed by atoms with Gasteiger partial charge in [-0.25, -0.2) is 4.39 Å². The van der Waals surface area contributed by atoms with E-state index in [9.17, 15) is 4.39 Å². The summed E-state index contributed by atoms with van der Waals surface area (Å²) in [6.07, 6.45) is -0.406. The highest BCUT2D eigenvalue weighted by Crippen LogP contribution is 1.91. The molecular weight excluding hydrogens is 121 g/mol. The zero-order valence-corrected chi connectivity index (χ0v) is 5.65. The van der Waals surface area contributed by atoms with E-state index in [4.69, 9.17) is 5.73 Å². The minimum absolute atomic E-state index is 0.327. The fourth-order valence-corrected chi connectivity index (χ4v) is 0.496. The van der Waals surface area contributed by atoms with E-state index < -0.39 is 6.17 Å². The molecule has 4 N–H and O–H groups in total. The van der Waals surface area contributed by atoms with Crippen LogP contribution in [0.1, 0.15) is 6.42 Å². The maximum Gasteiger partial charge on any atom is 0.115 e. The molecule has 0 saturated carbocycles. The normalized spacial score (nSPS) is 13.7. The second-order valence-corrected chi connectivity index (χ2v) is 1.81. The molecule has 0 aromatic carbocycles. The Labute approximate surface area is 54.8 Å². The Balaban J connectivity index is 2.95. The van der Waals surface area contributed by atoms with Crippen molar-refractivity contribution < 1.29 is 4.39 Å². The molecule has 0 amide bonds. The number of nitrogens with two attached hydrogens (primary N) is 1. The fourth-order valence-electron chi connectivity index (χ4n) is 0.496. The molecule has 0 rings (SSSR count). The molecule has 4 heteroatoms. The van der Waals surface area contributed by atoms with Gasteiger partial charge in [-0.2, -0.15) is 0 Å². The van der Waals surface area contributed by atoms with Gasteiger partial charge in [0.05, 0.1) is 0 Å². The second-order valence-electron chi connectivity index (χ2n) is 1.81. The van der Waals surface area contributed by atoms with Gasteiger partial charge in [-0.15, -0.1) is 0 Å². The summed E-state index contributed by atoms with van der Waals surface area (Å²) >= 11 is 0. The third-order valence-electron chi connectivity index (χ3n) is 0.980. The quantitative estimate of drug-likeness (QED) is 0.441. The Hall–Kier alpha value is -0.190. The van der Waals surface area contributed by atoms with Crippen LogP contribution in [0.3, 0.4) is 0 Å². The van der Waals surface area contributed by atoms with Gasteiger partial charge >= 0.3 is 0 Å². The summed E-state index contributed by atoms with van der Waals surface area (Å²) in [5.41, 5.74) is 10.4. The third-order valence-corrected chi connectivity index (χ3v) is 0.980. The van der Waals surface area contributed by atoms with E-state index >= 15 is 0 Å². The topological polar surface area (TPSA) is 50.1 Å². The lowest BCUT2D eigenvalue weighted by molar-refractivity contribution is 0.296. The van der Waals surface area contributed by atoms with E-state index in [0.717, 1.165) is 0 Å². The molecule has 0 saturated heterocycles. The second kappa shape index (κ2) is 5.94. The molecule has 0 heterocycles. The van der Waals surface area contributed by atoms with Crippen LogP contribution in [0, 0.1) is 0 Å². The van der Waals surface area contributed by atoms with Crippen LogP contribution in [-0.4, -0.2) is 26.3 Å². The van der Waals surface area contributed by atoms with Crippen molar-refractivity contribution in [3.05, 3.63) is 0 Å². The van der Waals surface area contributed by atoms with Gasteiger partial charge in [0.15, 0.2) is 0 Å². The maximum atomic E-state index is 12.4. The fraction of sp³-hybridized carbons (Fsp3) is 1.00. The van der Waals surface area contributed by atoms with Crippen molar-refractivity contribution in [2.45, 2.75) is 12.6 Å². The summed E-state index contributed by atoms with van der Waals surface area (Å²) in [4.78, 5) is 0. The highest BCUT2D eigenvalue weighted by molar-refractivity contribution is 4.57. The van der Waals surface area contributed by atoms with Crippen LogP contribution in [0.25, 0.3) is 0 Å². The molecule has 0 bridgehead atoms. The number of rotatable bonds is 5. The van der Waals surface area contributed by atoms with Crippen LogP contribution >= 0.6 is 0 Å². The van der Waals surface area contributed by atoms with E-state index in [0.29, 0.717) is 19.5 Å². The predicted molar refractivity (Wildman–Crippen MR) is 35.6 cm³/mol. The Morgan fingerprint density at radius 1 is 1.67 bits per heavy atom. The van der Waals surface area contributed by atoms with Crippen molar-refractivity contribution in [3.8, 4) is 0 Å². The molecule has 0 aliphatic rings. The van der Waals surface area contributed by atoms with E-state index in [1.165, 1.54) is 0 Å². The molecule has 0 aromatic rings. The van der Waals surface area contributed by atoms with Gasteiger partial charge in [0.1, 0.15) is 6.17 Å². The van der Waals surface area contributed by atoms with Crippen molar-refractivity contribution in [3.63, 3.8) is 0 Å². The zero-order chi connectivity index (χ0) is 7.11. The zero-order valence-electron chi connectivity index (χ0n) is 5.65. The molecule has 56 valence electrons. The lowest BCUT2D eigenvalue weighted by atomic mass is 10.3. The summed E-state index contributed by atoms with van der Waals surface area (Å²) in [5, 5.41) is 0. The van der Waals surface area contributed by atoms with Crippen molar-refractivity contribution in [2.75, 3.05) is 20.1 Å². The number of halogens is 1. The molecule has 0 aliphatic carbocycles. The minimum atomic E-state index is -0.831. The van der Waals surface area contributed by atoms with E-state index in [2.05, 4.69) is 10.9 Å². The molecule has 0 unspecified atom stereocenters. The van der Waals surface area contributed by atoms with Gasteiger partial charge < -0.3 is 5.73 Å². The van der Waals surface area contributed by atoms with Crippen LogP contribution < -0.4 is 16.6 Å². The van der Waals surface area contributed by atoms with Crippen LogP contribution in [0.5, 0.6) is 0 Å². The standard InChI is InChI=1S/C5H14FN3/c1-8-9-4-5(6)2-3-7/h5,8-9H,2-4,7H2,1H3/t5-/m0/s1. The highest BCUT2D eigenvalue weighted by Gasteiger charge is 2.01. The van der Waals surface area contributed by atoms with Crippen molar-refractivity contribution >= 4 is 0 Å². The lowest BCUT2D eigenvalue weighted by Crippen LogP contribution is -2.34. The molecule has 9 heavy (non-hydrogen) atoms. The Bertz CT molecular complexity index is 60.2. The SMILES string of the molecule is CNNC[C@@H](F)CCN. The summed E-state index contributed by atoms with van der Waals surface area (Å²) in [6, 6.07) is 0. The average molecular weight is 135 g/mol. The number of hydrogen-bond acceptors (Lipinski definition) is 3. The number of nitrogens with one attached hydrogen (secondary N) is 2. The lowest BCUT2D eigenvalue weighted by Gasteiger charge is -2.05. The summed E-state index contributed by atoms with van der Waals surface area (Å²) in [5.74, 6) is 0. The Morgan fingerprint density at radius 3 is 2.78 bits per heavy atom. The van der Waals surface area contributed by atoms with Gasteiger partial charge in [0.25, 0.3) is 0 Å². The maximum absolute atomic E-state index is 12.4. The van der Waals surface area contributed by atoms with Crippen molar-refractivity contribution in [1.82, 2.24) is 10.9 Å². The van der Waals surface area contributed by atoms with Gasteiger partial charge in [0, 0.05) is 6.54 Å². The van der Waals surface area contributed by atoms with Crippen LogP contribution in [0.2, 0.25) is 0 Å². The molecule has 0 fully saturated rings. The Morgan fingerprint density at radius 2 is 2.33 bits per heavy atom. The van der Waals surface area contributed by atoms with Crippen molar-refractivity contribution in [1.29, 1.82) is 0 Å². The van der Waals surface area contributed by atoms with E-state index in [-0.39, 0.29) is 0 Å². The van der Waals surface area contributed by atoms with E-state index in [1.807, 2.05) is 0 Å². The molecule has 0 aliphatic heterocycles. The van der Waals surface area contributed by atoms with Gasteiger partial charge in [-0.3, -0.25) is 10.9 Å². The van der Waals surface area contributed by atoms with Crippen molar-refractivity contribution in [2.24, 2.45) is 5.73 Å². The van der Waals surface area contributed by atoms with E-state index in [1.54, 1.807) is 7.05 Å². The summed E-state index contributed by atoms with van der Waals surface area (Å²) in [7, 11) is 1.70. The predicted octanol–water partition coefficient (Wildman–Crippen LogP) is -0.603. The van der Waals surface area contributed by atoms with Gasteiger partial charge in [0.2, 0.25) is 0 Å². The molecule has 0 radical (unpaired) electrons. The summed E-state index contributed by atoms with van der Waals surface area (Å²) in [6.45, 7) is 0.736. The first-order valence-corrected chi connectivity index (χ1v) is 3.05. The number of hydrazine groups is 1. The molecule has 1 atom stereocenters. The minimum Gasteiger partial charge on any atom is -0.330 e. The number of hydrogen-bond donors (Lipinski definition) is 3. The monoisotopic (exact) mass is 135 g/mol. The third kappa shape index (κ3) is 5.68. The Kier molecular flexibility index (Phi) is 5.81. The first kappa shape index (κ1) is 8.81. The first-order chi connectivity index (χ1) is 4.31. The van der Waals surface area contributed by atoms with Crippen LogP contribution in [0.4, 0.5) is 4.39 Å². The summed E-state index contributed by atoms with van der Waals surface area (Å²) < 4.78 is 12.4. The average Bonchev–Trinajstić information content (AvgIpc) is 1.85. The van der Waals surface area contributed by atoms with Crippen LogP contribution in [-0.2, 0) is 0 Å². The highest BCUT2D eigenvalue weighted by atomic mass is 19.1.